The molecule has 0 aliphatic carbocycles. The summed E-state index contributed by atoms with van der Waals surface area (Å²) >= 11 is 0. The molecule has 0 saturated carbocycles. The van der Waals surface area contributed by atoms with Crippen LogP contribution in [0.15, 0.2) is 121 Å². The molecule has 1 heterocycles. The minimum absolute atomic E-state index is 0.0515. The molecule has 1 saturated heterocycles. The lowest BCUT2D eigenvalue weighted by molar-refractivity contribution is -0.160. The number of likely N-dealkylation sites (tertiary alicyclic amines) is 1. The van der Waals surface area contributed by atoms with Crippen LogP contribution >= 0.6 is 0 Å². The van der Waals surface area contributed by atoms with E-state index in [1.807, 2.05) is 121 Å². The largest absolute Gasteiger partial charge is 0.445 e. The highest BCUT2D eigenvalue weighted by atomic mass is 16.6. The van der Waals surface area contributed by atoms with Gasteiger partial charge in [0.1, 0.15) is 31.0 Å². The monoisotopic (exact) mass is 597 g/mol. The Balaban J connectivity index is 1.43. The van der Waals surface area contributed by atoms with Gasteiger partial charge >= 0.3 is 6.09 Å². The van der Waals surface area contributed by atoms with Crippen molar-refractivity contribution >= 4 is 6.09 Å². The van der Waals surface area contributed by atoms with E-state index in [-0.39, 0.29) is 33.0 Å². The van der Waals surface area contributed by atoms with Gasteiger partial charge in [-0.15, -0.1) is 0 Å². The highest BCUT2D eigenvalue weighted by molar-refractivity contribution is 5.68. The van der Waals surface area contributed by atoms with Crippen molar-refractivity contribution in [3.8, 4) is 0 Å². The summed E-state index contributed by atoms with van der Waals surface area (Å²) in [5.74, 6) is 0. The summed E-state index contributed by atoms with van der Waals surface area (Å²) < 4.78 is 24.7. The molecule has 8 heteroatoms. The molecule has 5 atom stereocenters. The van der Waals surface area contributed by atoms with Gasteiger partial charge in [-0.05, 0) is 22.3 Å². The Kier molecular flexibility index (Phi) is 11.5. The van der Waals surface area contributed by atoms with Crippen LogP contribution < -0.4 is 0 Å². The number of aliphatic hydroxyl groups excluding tert-OH is 2. The molecule has 0 aromatic heterocycles. The molecule has 4 aromatic carbocycles. The number of nitrogens with zero attached hydrogens (tertiary/aromatic N) is 1. The summed E-state index contributed by atoms with van der Waals surface area (Å²) in [5.41, 5.74) is 3.61. The average Bonchev–Trinajstić information content (AvgIpc) is 3.17. The molecule has 5 rings (SSSR count). The molecule has 44 heavy (non-hydrogen) atoms. The lowest BCUT2D eigenvalue weighted by atomic mass is 10.00. The molecule has 1 amide bonds. The quantitative estimate of drug-likeness (QED) is 0.234. The lowest BCUT2D eigenvalue weighted by Gasteiger charge is -2.37. The molecule has 0 radical (unpaired) electrons. The highest BCUT2D eigenvalue weighted by Gasteiger charge is 2.47. The minimum atomic E-state index is -1.34. The zero-order chi connectivity index (χ0) is 30.6. The number of carbonyl (C=O) groups is 1. The summed E-state index contributed by atoms with van der Waals surface area (Å²) in [6, 6.07) is 37.6. The fraction of sp³-hybridized carbons (Fsp3) is 0.306. The molecule has 4 aromatic rings. The normalized spacial score (nSPS) is 21.9. The van der Waals surface area contributed by atoms with E-state index in [4.69, 9.17) is 18.9 Å². The number of β-amino-alcohol motifs (C(OH)–C–C–N with tert-alkyl or cyclic N) is 1. The maximum Gasteiger partial charge on any atom is 0.410 e. The van der Waals surface area contributed by atoms with E-state index in [1.165, 1.54) is 4.90 Å². The number of aliphatic hydroxyl groups is 2. The zero-order valence-corrected chi connectivity index (χ0v) is 24.6. The summed E-state index contributed by atoms with van der Waals surface area (Å²) in [5, 5.41) is 22.6. The standard InChI is InChI=1S/C36H39NO7/c38-32-21-37(36(40)44-25-30-19-11-4-12-20-30)31(26-41-22-27-13-5-1-6-14-27)34(42-23-28-15-7-2-8-16-28)35(33(32)39)43-24-29-17-9-3-10-18-29/h1-20,31-35,38-39H,21-26H2/t31-,32-,33+,34+,35+/m0/s1. The Morgan fingerprint density at radius 3 is 1.55 bits per heavy atom. The van der Waals surface area contributed by atoms with E-state index in [1.54, 1.807) is 0 Å². The van der Waals surface area contributed by atoms with Crippen molar-refractivity contribution < 1.29 is 34.0 Å². The molecule has 2 N–H and O–H groups in total. The van der Waals surface area contributed by atoms with Crippen LogP contribution in [0.2, 0.25) is 0 Å². The fourth-order valence-electron chi connectivity index (χ4n) is 5.26. The van der Waals surface area contributed by atoms with Crippen LogP contribution in [0.1, 0.15) is 22.3 Å². The van der Waals surface area contributed by atoms with Crippen molar-refractivity contribution in [1.82, 2.24) is 4.90 Å². The van der Waals surface area contributed by atoms with Crippen LogP contribution in [0.3, 0.4) is 0 Å². The number of ether oxygens (including phenoxy) is 4. The van der Waals surface area contributed by atoms with E-state index < -0.39 is 36.6 Å². The second-order valence-corrected chi connectivity index (χ2v) is 10.8. The first kappa shape index (κ1) is 31.4. The molecule has 1 fully saturated rings. The van der Waals surface area contributed by atoms with Crippen molar-refractivity contribution in [2.24, 2.45) is 0 Å². The molecule has 1 aliphatic heterocycles. The smallest absolute Gasteiger partial charge is 0.410 e. The van der Waals surface area contributed by atoms with Gasteiger partial charge in [0.2, 0.25) is 0 Å². The number of hydrogen-bond acceptors (Lipinski definition) is 7. The van der Waals surface area contributed by atoms with E-state index >= 15 is 0 Å². The van der Waals surface area contributed by atoms with Gasteiger partial charge in [-0.3, -0.25) is 4.90 Å². The van der Waals surface area contributed by atoms with Gasteiger partial charge in [-0.2, -0.15) is 0 Å². The molecular formula is C36H39NO7. The van der Waals surface area contributed by atoms with E-state index in [9.17, 15) is 15.0 Å². The third-order valence-corrected chi connectivity index (χ3v) is 7.63. The Morgan fingerprint density at radius 1 is 0.614 bits per heavy atom. The summed E-state index contributed by atoms with van der Waals surface area (Å²) in [7, 11) is 0. The predicted octanol–water partition coefficient (Wildman–Crippen LogP) is 5.12. The van der Waals surface area contributed by atoms with Crippen molar-refractivity contribution in [2.45, 2.75) is 56.9 Å². The number of amides is 1. The van der Waals surface area contributed by atoms with Crippen LogP contribution in [0.5, 0.6) is 0 Å². The van der Waals surface area contributed by atoms with E-state index in [2.05, 4.69) is 0 Å². The van der Waals surface area contributed by atoms with Crippen molar-refractivity contribution in [2.75, 3.05) is 13.2 Å². The molecule has 230 valence electrons. The van der Waals surface area contributed by atoms with Gasteiger partial charge in [0.15, 0.2) is 0 Å². The number of rotatable bonds is 12. The first-order valence-electron chi connectivity index (χ1n) is 14.8. The Bertz CT molecular complexity index is 1390. The third-order valence-electron chi connectivity index (χ3n) is 7.63. The number of carbonyl (C=O) groups excluding carboxylic acids is 1. The van der Waals surface area contributed by atoms with Gasteiger partial charge in [-0.25, -0.2) is 4.79 Å². The van der Waals surface area contributed by atoms with Crippen LogP contribution in [-0.4, -0.2) is 64.8 Å². The Labute approximate surface area is 258 Å². The lowest BCUT2D eigenvalue weighted by Crippen LogP contribution is -2.54. The highest BCUT2D eigenvalue weighted by Crippen LogP contribution is 2.28. The summed E-state index contributed by atoms with van der Waals surface area (Å²) in [4.78, 5) is 15.1. The number of benzene rings is 4. The predicted molar refractivity (Wildman–Crippen MR) is 165 cm³/mol. The molecule has 8 nitrogen and oxygen atoms in total. The average molecular weight is 598 g/mol. The van der Waals surface area contributed by atoms with Gasteiger partial charge in [0.25, 0.3) is 0 Å². The van der Waals surface area contributed by atoms with Gasteiger partial charge < -0.3 is 29.2 Å². The molecule has 0 unspecified atom stereocenters. The number of hydrogen-bond donors (Lipinski definition) is 2. The molecule has 1 aliphatic rings. The van der Waals surface area contributed by atoms with Crippen molar-refractivity contribution in [3.05, 3.63) is 144 Å². The molecular weight excluding hydrogens is 558 g/mol. The maximum absolute atomic E-state index is 13.7. The van der Waals surface area contributed by atoms with E-state index in [0.717, 1.165) is 22.3 Å². The Morgan fingerprint density at radius 2 is 1.05 bits per heavy atom. The SMILES string of the molecule is O=C(OCc1ccccc1)N1C[C@H](O)[C@@H](O)[C@@H](OCc2ccccc2)[C@H](OCc2ccccc2)[C@@H]1COCc1ccccc1. The van der Waals surface area contributed by atoms with Crippen molar-refractivity contribution in [3.63, 3.8) is 0 Å². The van der Waals surface area contributed by atoms with Gasteiger partial charge in [0, 0.05) is 0 Å². The fourth-order valence-corrected chi connectivity index (χ4v) is 5.26. The van der Waals surface area contributed by atoms with Gasteiger partial charge in [0.05, 0.1) is 39.0 Å². The van der Waals surface area contributed by atoms with Crippen LogP contribution in [0, 0.1) is 0 Å². The zero-order valence-electron chi connectivity index (χ0n) is 24.6. The van der Waals surface area contributed by atoms with E-state index in [0.29, 0.717) is 6.61 Å². The summed E-state index contributed by atoms with van der Waals surface area (Å²) in [6.07, 6.45) is -5.16. The molecule has 0 bridgehead atoms. The topological polar surface area (TPSA) is 97.7 Å². The maximum atomic E-state index is 13.7. The van der Waals surface area contributed by atoms with Crippen LogP contribution in [0.25, 0.3) is 0 Å². The second-order valence-electron chi connectivity index (χ2n) is 10.8. The van der Waals surface area contributed by atoms with Gasteiger partial charge in [-0.1, -0.05) is 121 Å². The first-order chi connectivity index (χ1) is 21.6. The third kappa shape index (κ3) is 8.75. The second kappa shape index (κ2) is 16.1. The summed E-state index contributed by atoms with van der Waals surface area (Å²) in [6.45, 7) is 0.592. The minimum Gasteiger partial charge on any atom is -0.445 e. The molecule has 0 spiro atoms. The first-order valence-corrected chi connectivity index (χ1v) is 14.8. The van der Waals surface area contributed by atoms with Crippen LogP contribution in [-0.2, 0) is 45.4 Å². The Hall–Kier alpha value is -4.05. The van der Waals surface area contributed by atoms with Crippen LogP contribution in [0.4, 0.5) is 4.79 Å². The van der Waals surface area contributed by atoms with Crippen molar-refractivity contribution in [1.29, 1.82) is 0 Å².